The number of ketones is 1. The highest BCUT2D eigenvalue weighted by Gasteiger charge is 2.26. The van der Waals surface area contributed by atoms with Crippen LogP contribution in [0.2, 0.25) is 0 Å². The molecule has 1 aromatic rings. The second kappa shape index (κ2) is 5.82. The third-order valence-electron chi connectivity index (χ3n) is 3.41. The van der Waals surface area contributed by atoms with Gasteiger partial charge in [0, 0.05) is 18.5 Å². The molecule has 0 aromatic heterocycles. The van der Waals surface area contributed by atoms with Crippen molar-refractivity contribution in [2.45, 2.75) is 31.7 Å². The number of para-hydroxylation sites is 1. The standard InChI is InChI=1S/C14H19NO2/c16-10-14(11-5-4-8-13(17)9-11)15-12-6-2-1-3-7-12/h1-3,6-7,11,14-16H,4-5,8-10H2. The van der Waals surface area contributed by atoms with Crippen molar-refractivity contribution in [3.63, 3.8) is 0 Å². The number of hydrogen-bond acceptors (Lipinski definition) is 3. The molecule has 2 rings (SSSR count). The minimum Gasteiger partial charge on any atom is -0.394 e. The van der Waals surface area contributed by atoms with E-state index in [4.69, 9.17) is 0 Å². The van der Waals surface area contributed by atoms with Crippen LogP contribution in [0.25, 0.3) is 0 Å². The van der Waals surface area contributed by atoms with Crippen LogP contribution in [0, 0.1) is 5.92 Å². The van der Waals surface area contributed by atoms with Gasteiger partial charge in [0.05, 0.1) is 12.6 Å². The van der Waals surface area contributed by atoms with Gasteiger partial charge in [-0.25, -0.2) is 0 Å². The molecule has 0 amide bonds. The summed E-state index contributed by atoms with van der Waals surface area (Å²) in [5.74, 6) is 0.594. The van der Waals surface area contributed by atoms with Crippen LogP contribution in [0.15, 0.2) is 30.3 Å². The molecule has 2 atom stereocenters. The van der Waals surface area contributed by atoms with Crippen LogP contribution in [0.5, 0.6) is 0 Å². The molecule has 1 saturated carbocycles. The van der Waals surface area contributed by atoms with Crippen LogP contribution < -0.4 is 5.32 Å². The van der Waals surface area contributed by atoms with Crippen LogP contribution in [0.1, 0.15) is 25.7 Å². The molecule has 0 bridgehead atoms. The molecule has 2 N–H and O–H groups in total. The lowest BCUT2D eigenvalue weighted by Crippen LogP contribution is -2.35. The number of anilines is 1. The zero-order valence-corrected chi connectivity index (χ0v) is 9.93. The first-order valence-electron chi connectivity index (χ1n) is 6.23. The number of carbonyl (C=O) groups excluding carboxylic acids is 1. The highest BCUT2D eigenvalue weighted by Crippen LogP contribution is 2.26. The molecule has 17 heavy (non-hydrogen) atoms. The number of hydrogen-bond donors (Lipinski definition) is 2. The topological polar surface area (TPSA) is 49.3 Å². The Bertz CT molecular complexity index is 364. The van der Waals surface area contributed by atoms with Crippen LogP contribution in [-0.2, 0) is 4.79 Å². The van der Waals surface area contributed by atoms with Crippen molar-refractivity contribution in [2.24, 2.45) is 5.92 Å². The first kappa shape index (κ1) is 12.1. The van der Waals surface area contributed by atoms with Crippen molar-refractivity contribution in [3.8, 4) is 0 Å². The maximum absolute atomic E-state index is 11.4. The monoisotopic (exact) mass is 233 g/mol. The normalized spacial score (nSPS) is 22.2. The molecule has 1 aliphatic rings. The second-order valence-corrected chi connectivity index (χ2v) is 4.69. The Balaban J connectivity index is 1.98. The van der Waals surface area contributed by atoms with E-state index in [-0.39, 0.29) is 18.6 Å². The van der Waals surface area contributed by atoms with E-state index in [0.717, 1.165) is 18.5 Å². The van der Waals surface area contributed by atoms with Gasteiger partial charge in [0.1, 0.15) is 5.78 Å². The number of aliphatic hydroxyl groups is 1. The highest BCUT2D eigenvalue weighted by molar-refractivity contribution is 5.79. The van der Waals surface area contributed by atoms with Gasteiger partial charge in [-0.1, -0.05) is 18.2 Å². The molecule has 0 heterocycles. The van der Waals surface area contributed by atoms with Crippen molar-refractivity contribution in [1.29, 1.82) is 0 Å². The molecule has 92 valence electrons. The summed E-state index contributed by atoms with van der Waals surface area (Å²) < 4.78 is 0. The maximum atomic E-state index is 11.4. The van der Waals surface area contributed by atoms with Crippen molar-refractivity contribution >= 4 is 11.5 Å². The fourth-order valence-corrected chi connectivity index (χ4v) is 2.46. The van der Waals surface area contributed by atoms with Crippen molar-refractivity contribution in [2.75, 3.05) is 11.9 Å². The molecule has 3 nitrogen and oxygen atoms in total. The van der Waals surface area contributed by atoms with Gasteiger partial charge in [-0.3, -0.25) is 4.79 Å². The summed E-state index contributed by atoms with van der Waals surface area (Å²) in [6.07, 6.45) is 3.29. The quantitative estimate of drug-likeness (QED) is 0.838. The number of benzene rings is 1. The van der Waals surface area contributed by atoms with E-state index in [2.05, 4.69) is 5.32 Å². The Hall–Kier alpha value is -1.35. The van der Waals surface area contributed by atoms with Crippen molar-refractivity contribution < 1.29 is 9.90 Å². The summed E-state index contributed by atoms with van der Waals surface area (Å²) in [5, 5.41) is 12.8. The lowest BCUT2D eigenvalue weighted by Gasteiger charge is -2.29. The fourth-order valence-electron chi connectivity index (χ4n) is 2.46. The van der Waals surface area contributed by atoms with E-state index >= 15 is 0 Å². The molecule has 0 aliphatic heterocycles. The largest absolute Gasteiger partial charge is 0.394 e. The van der Waals surface area contributed by atoms with Gasteiger partial charge >= 0.3 is 0 Å². The van der Waals surface area contributed by atoms with Gasteiger partial charge < -0.3 is 10.4 Å². The Morgan fingerprint density at radius 3 is 2.76 bits per heavy atom. The molecule has 1 fully saturated rings. The smallest absolute Gasteiger partial charge is 0.133 e. The van der Waals surface area contributed by atoms with E-state index in [1.165, 1.54) is 0 Å². The van der Waals surface area contributed by atoms with Gasteiger partial charge in [0.15, 0.2) is 0 Å². The van der Waals surface area contributed by atoms with Crippen LogP contribution in [-0.4, -0.2) is 23.5 Å². The maximum Gasteiger partial charge on any atom is 0.133 e. The van der Waals surface area contributed by atoms with Crippen LogP contribution in [0.4, 0.5) is 5.69 Å². The first-order chi connectivity index (χ1) is 8.29. The number of carbonyl (C=O) groups is 1. The molecule has 1 aliphatic carbocycles. The summed E-state index contributed by atoms with van der Waals surface area (Å²) in [5.41, 5.74) is 1.00. The third-order valence-corrected chi connectivity index (χ3v) is 3.41. The SMILES string of the molecule is O=C1CCCC(C(CO)Nc2ccccc2)C1. The van der Waals surface area contributed by atoms with Gasteiger partial charge in [0.2, 0.25) is 0 Å². The third kappa shape index (κ3) is 3.30. The van der Waals surface area contributed by atoms with E-state index in [1.54, 1.807) is 0 Å². The minimum absolute atomic E-state index is 0.0124. The summed E-state index contributed by atoms with van der Waals surface area (Å²) in [6.45, 7) is 0.0762. The van der Waals surface area contributed by atoms with E-state index in [1.807, 2.05) is 30.3 Å². The molecule has 0 radical (unpaired) electrons. The van der Waals surface area contributed by atoms with Crippen LogP contribution >= 0.6 is 0 Å². The predicted octanol–water partition coefficient (Wildman–Crippen LogP) is 2.22. The average Bonchev–Trinajstić information content (AvgIpc) is 2.37. The van der Waals surface area contributed by atoms with Gasteiger partial charge in [-0.15, -0.1) is 0 Å². The Kier molecular flexibility index (Phi) is 4.15. The molecular weight excluding hydrogens is 214 g/mol. The first-order valence-corrected chi connectivity index (χ1v) is 6.23. The van der Waals surface area contributed by atoms with Crippen LogP contribution in [0.3, 0.4) is 0 Å². The lowest BCUT2D eigenvalue weighted by molar-refractivity contribution is -0.121. The fraction of sp³-hybridized carbons (Fsp3) is 0.500. The molecule has 2 unspecified atom stereocenters. The minimum atomic E-state index is -0.0124. The molecule has 1 aromatic carbocycles. The number of rotatable bonds is 4. The highest BCUT2D eigenvalue weighted by atomic mass is 16.3. The zero-order chi connectivity index (χ0) is 12.1. The number of Topliss-reactive ketones (excluding diaryl/α,β-unsaturated/α-hetero) is 1. The summed E-state index contributed by atoms with van der Waals surface area (Å²) in [7, 11) is 0. The van der Waals surface area contributed by atoms with Gasteiger partial charge in [-0.05, 0) is 30.9 Å². The summed E-state index contributed by atoms with van der Waals surface area (Å²) >= 11 is 0. The summed E-state index contributed by atoms with van der Waals surface area (Å²) in [6, 6.07) is 9.83. The lowest BCUT2D eigenvalue weighted by atomic mass is 9.83. The average molecular weight is 233 g/mol. The molecule has 0 saturated heterocycles. The van der Waals surface area contributed by atoms with Gasteiger partial charge in [0.25, 0.3) is 0 Å². The Labute approximate surface area is 102 Å². The zero-order valence-electron chi connectivity index (χ0n) is 9.93. The van der Waals surface area contributed by atoms with E-state index in [0.29, 0.717) is 18.6 Å². The molecule has 3 heteroatoms. The van der Waals surface area contributed by atoms with Crippen molar-refractivity contribution in [1.82, 2.24) is 0 Å². The second-order valence-electron chi connectivity index (χ2n) is 4.69. The summed E-state index contributed by atoms with van der Waals surface area (Å²) in [4.78, 5) is 11.4. The molecular formula is C14H19NO2. The Morgan fingerprint density at radius 2 is 2.12 bits per heavy atom. The number of aliphatic hydroxyl groups excluding tert-OH is 1. The van der Waals surface area contributed by atoms with Gasteiger partial charge in [-0.2, -0.15) is 0 Å². The van der Waals surface area contributed by atoms with E-state index < -0.39 is 0 Å². The molecule has 0 spiro atoms. The van der Waals surface area contributed by atoms with Crippen molar-refractivity contribution in [3.05, 3.63) is 30.3 Å². The van der Waals surface area contributed by atoms with E-state index in [9.17, 15) is 9.90 Å². The predicted molar refractivity (Wildman–Crippen MR) is 67.9 cm³/mol. The number of nitrogens with one attached hydrogen (secondary N) is 1. The Morgan fingerprint density at radius 1 is 1.35 bits per heavy atom.